The summed E-state index contributed by atoms with van der Waals surface area (Å²) in [4.78, 5) is 31.7. The molecule has 2 unspecified atom stereocenters. The second-order valence-electron chi connectivity index (χ2n) is 8.64. The van der Waals surface area contributed by atoms with Crippen LogP contribution in [0.3, 0.4) is 0 Å². The molecule has 1 spiro atoms. The van der Waals surface area contributed by atoms with Crippen molar-refractivity contribution in [2.75, 3.05) is 53.5 Å². The van der Waals surface area contributed by atoms with E-state index >= 15 is 0 Å². The van der Waals surface area contributed by atoms with Gasteiger partial charge in [-0.1, -0.05) is 0 Å². The summed E-state index contributed by atoms with van der Waals surface area (Å²) in [5.41, 5.74) is -0.00927. The molecule has 3 aliphatic heterocycles. The molecule has 0 aromatic heterocycles. The first-order valence-electron chi connectivity index (χ1n) is 9.84. The predicted molar refractivity (Wildman–Crippen MR) is 94.0 cm³/mol. The van der Waals surface area contributed by atoms with Crippen molar-refractivity contribution in [1.82, 2.24) is 14.7 Å². The zero-order valence-electron chi connectivity index (χ0n) is 15.6. The molecule has 0 bridgehead atoms. The Bertz CT molecular complexity index is 542. The first kappa shape index (κ1) is 17.3. The molecule has 0 N–H and O–H groups in total. The van der Waals surface area contributed by atoms with Gasteiger partial charge in [0, 0.05) is 44.1 Å². The van der Waals surface area contributed by atoms with Gasteiger partial charge in [-0.15, -0.1) is 0 Å². The molecule has 1 saturated carbocycles. The van der Waals surface area contributed by atoms with Gasteiger partial charge in [0.2, 0.25) is 11.8 Å². The number of rotatable bonds is 4. The van der Waals surface area contributed by atoms with E-state index in [1.54, 1.807) is 0 Å². The number of ether oxygens (including phenoxy) is 1. The molecular formula is C19H31N3O3. The minimum atomic E-state index is -0.00927. The Morgan fingerprint density at radius 2 is 1.96 bits per heavy atom. The molecule has 4 fully saturated rings. The summed E-state index contributed by atoms with van der Waals surface area (Å²) >= 11 is 0. The third-order valence-electron chi connectivity index (χ3n) is 6.91. The SMILES string of the molecule is CN(C)CCN1C(=O)CCC12CCCN(C(=O)C1[C@H]3COC[C@@H]13)CC2. The minimum absolute atomic E-state index is 0.00927. The van der Waals surface area contributed by atoms with Gasteiger partial charge in [0.1, 0.15) is 0 Å². The zero-order chi connectivity index (χ0) is 17.6. The van der Waals surface area contributed by atoms with E-state index in [-0.39, 0.29) is 11.5 Å². The molecule has 6 nitrogen and oxygen atoms in total. The van der Waals surface area contributed by atoms with E-state index < -0.39 is 0 Å². The molecule has 6 heteroatoms. The number of carbonyl (C=O) groups is 2. The van der Waals surface area contributed by atoms with Crippen molar-refractivity contribution in [1.29, 1.82) is 0 Å². The molecule has 25 heavy (non-hydrogen) atoms. The van der Waals surface area contributed by atoms with Crippen molar-refractivity contribution < 1.29 is 14.3 Å². The smallest absolute Gasteiger partial charge is 0.226 e. The Hall–Kier alpha value is -1.14. The van der Waals surface area contributed by atoms with Crippen LogP contribution in [0.4, 0.5) is 0 Å². The average molecular weight is 349 g/mol. The third kappa shape index (κ3) is 3.08. The standard InChI is InChI=1S/C19H31N3O3/c1-20(2)10-11-22-16(23)4-6-19(22)5-3-8-21(9-7-19)18(24)17-14-12-25-13-15(14)17/h14-15,17H,3-13H2,1-2H3/t14-,15+,17?,19?. The highest BCUT2D eigenvalue weighted by molar-refractivity contribution is 5.83. The van der Waals surface area contributed by atoms with E-state index in [4.69, 9.17) is 4.74 Å². The van der Waals surface area contributed by atoms with Crippen LogP contribution in [0.5, 0.6) is 0 Å². The van der Waals surface area contributed by atoms with Crippen LogP contribution in [0.2, 0.25) is 0 Å². The highest BCUT2D eigenvalue weighted by Crippen LogP contribution is 2.52. The van der Waals surface area contributed by atoms with Crippen molar-refractivity contribution in [2.24, 2.45) is 17.8 Å². The monoisotopic (exact) mass is 349 g/mol. The van der Waals surface area contributed by atoms with Crippen molar-refractivity contribution >= 4 is 11.8 Å². The molecule has 4 rings (SSSR count). The quantitative estimate of drug-likeness (QED) is 0.754. The maximum absolute atomic E-state index is 12.9. The average Bonchev–Trinajstić information content (AvgIpc) is 3.00. The van der Waals surface area contributed by atoms with Crippen molar-refractivity contribution in [2.45, 2.75) is 37.6 Å². The van der Waals surface area contributed by atoms with Crippen LogP contribution >= 0.6 is 0 Å². The van der Waals surface area contributed by atoms with Crippen LogP contribution in [0.25, 0.3) is 0 Å². The first-order valence-corrected chi connectivity index (χ1v) is 9.84. The minimum Gasteiger partial charge on any atom is -0.381 e. The maximum Gasteiger partial charge on any atom is 0.226 e. The number of nitrogens with zero attached hydrogens (tertiary/aromatic N) is 3. The summed E-state index contributed by atoms with van der Waals surface area (Å²) in [5, 5.41) is 0. The number of hydrogen-bond acceptors (Lipinski definition) is 4. The third-order valence-corrected chi connectivity index (χ3v) is 6.91. The highest BCUT2D eigenvalue weighted by Gasteiger charge is 2.59. The van der Waals surface area contributed by atoms with Crippen LogP contribution in [0.1, 0.15) is 32.1 Å². The first-order chi connectivity index (χ1) is 12.0. The fourth-order valence-electron chi connectivity index (χ4n) is 5.27. The van der Waals surface area contributed by atoms with Gasteiger partial charge in [-0.25, -0.2) is 0 Å². The lowest BCUT2D eigenvalue weighted by Gasteiger charge is -2.38. The van der Waals surface area contributed by atoms with Gasteiger partial charge in [-0.3, -0.25) is 9.59 Å². The summed E-state index contributed by atoms with van der Waals surface area (Å²) < 4.78 is 5.43. The van der Waals surface area contributed by atoms with Gasteiger partial charge in [-0.05, 0) is 51.6 Å². The van der Waals surface area contributed by atoms with Crippen molar-refractivity contribution in [3.05, 3.63) is 0 Å². The molecule has 0 aromatic carbocycles. The molecule has 140 valence electrons. The molecule has 0 radical (unpaired) electrons. The maximum atomic E-state index is 12.9. The van der Waals surface area contributed by atoms with Crippen LogP contribution in [-0.4, -0.2) is 85.5 Å². The summed E-state index contributed by atoms with van der Waals surface area (Å²) in [6.07, 6.45) is 4.62. The Morgan fingerprint density at radius 1 is 1.20 bits per heavy atom. The van der Waals surface area contributed by atoms with Gasteiger partial charge < -0.3 is 19.4 Å². The molecule has 3 heterocycles. The van der Waals surface area contributed by atoms with Crippen molar-refractivity contribution in [3.8, 4) is 0 Å². The van der Waals surface area contributed by atoms with E-state index in [0.717, 1.165) is 65.1 Å². The number of carbonyl (C=O) groups excluding carboxylic acids is 2. The van der Waals surface area contributed by atoms with Gasteiger partial charge in [0.25, 0.3) is 0 Å². The van der Waals surface area contributed by atoms with E-state index in [2.05, 4.69) is 28.8 Å². The lowest BCUT2D eigenvalue weighted by atomic mass is 9.87. The highest BCUT2D eigenvalue weighted by atomic mass is 16.5. The summed E-state index contributed by atoms with van der Waals surface area (Å²) in [6.45, 7) is 4.91. The topological polar surface area (TPSA) is 53.1 Å². The molecule has 4 aliphatic rings. The van der Waals surface area contributed by atoms with Gasteiger partial charge >= 0.3 is 0 Å². The lowest BCUT2D eigenvalue weighted by Crippen LogP contribution is -2.49. The second-order valence-corrected chi connectivity index (χ2v) is 8.64. The lowest BCUT2D eigenvalue weighted by molar-refractivity contribution is -0.134. The van der Waals surface area contributed by atoms with E-state index in [1.807, 2.05) is 0 Å². The largest absolute Gasteiger partial charge is 0.381 e. The van der Waals surface area contributed by atoms with Crippen molar-refractivity contribution in [3.63, 3.8) is 0 Å². The Labute approximate surface area is 150 Å². The summed E-state index contributed by atoms with van der Waals surface area (Å²) in [7, 11) is 4.11. The number of hydrogen-bond donors (Lipinski definition) is 0. The Balaban J connectivity index is 1.40. The predicted octanol–water partition coefficient (Wildman–Crippen LogP) is 0.814. The van der Waals surface area contributed by atoms with E-state index in [0.29, 0.717) is 30.1 Å². The summed E-state index contributed by atoms with van der Waals surface area (Å²) in [5.74, 6) is 1.83. The number of fused-ring (bicyclic) bond motifs is 1. The van der Waals surface area contributed by atoms with Gasteiger partial charge in [0.15, 0.2) is 0 Å². The molecule has 3 saturated heterocycles. The zero-order valence-corrected chi connectivity index (χ0v) is 15.6. The fraction of sp³-hybridized carbons (Fsp3) is 0.895. The molecule has 4 atom stereocenters. The number of likely N-dealkylation sites (N-methyl/N-ethyl adjacent to an activating group) is 1. The Morgan fingerprint density at radius 3 is 2.68 bits per heavy atom. The van der Waals surface area contributed by atoms with Crippen LogP contribution in [0, 0.1) is 17.8 Å². The number of amides is 2. The molecular weight excluding hydrogens is 318 g/mol. The molecule has 1 aliphatic carbocycles. The fourth-order valence-corrected chi connectivity index (χ4v) is 5.27. The normalized spacial score (nSPS) is 37.7. The van der Waals surface area contributed by atoms with Crippen LogP contribution < -0.4 is 0 Å². The van der Waals surface area contributed by atoms with Crippen LogP contribution in [-0.2, 0) is 14.3 Å². The van der Waals surface area contributed by atoms with Crippen LogP contribution in [0.15, 0.2) is 0 Å². The second kappa shape index (κ2) is 6.54. The Kier molecular flexibility index (Phi) is 4.52. The van der Waals surface area contributed by atoms with Gasteiger partial charge in [-0.2, -0.15) is 0 Å². The summed E-state index contributed by atoms with van der Waals surface area (Å²) in [6, 6.07) is 0. The van der Waals surface area contributed by atoms with E-state index in [1.165, 1.54) is 0 Å². The molecule has 2 amide bonds. The molecule has 0 aromatic rings. The van der Waals surface area contributed by atoms with Gasteiger partial charge in [0.05, 0.1) is 13.2 Å². The number of likely N-dealkylation sites (tertiary alicyclic amines) is 2. The van der Waals surface area contributed by atoms with E-state index in [9.17, 15) is 9.59 Å².